The monoisotopic (exact) mass is 355 g/mol. The van der Waals surface area contributed by atoms with Crippen LogP contribution in [0.5, 0.6) is 0 Å². The molecule has 4 heteroatoms. The summed E-state index contributed by atoms with van der Waals surface area (Å²) in [5.74, 6) is -0.550. The summed E-state index contributed by atoms with van der Waals surface area (Å²) in [5.41, 5.74) is 0.886. The van der Waals surface area contributed by atoms with Gasteiger partial charge in [0.05, 0.1) is 6.61 Å². The average Bonchev–Trinajstić information content (AvgIpc) is 2.38. The number of halogens is 1. The summed E-state index contributed by atoms with van der Waals surface area (Å²) in [6, 6.07) is 9.44. The van der Waals surface area contributed by atoms with Crippen LogP contribution < -0.4 is 0 Å². The number of benzene rings is 1. The average molecular weight is 355 g/mol. The van der Waals surface area contributed by atoms with Crippen LogP contribution in [0.1, 0.15) is 25.3 Å². The van der Waals surface area contributed by atoms with Crippen LogP contribution in [0.3, 0.4) is 0 Å². The lowest BCUT2D eigenvalue weighted by Gasteiger charge is -2.03. The first kappa shape index (κ1) is 14.7. The first-order valence-corrected chi connectivity index (χ1v) is 6.80. The Morgan fingerprint density at radius 3 is 2.83 bits per heavy atom. The van der Waals surface area contributed by atoms with Gasteiger partial charge < -0.3 is 4.74 Å². The lowest BCUT2D eigenvalue weighted by Crippen LogP contribution is -2.07. The van der Waals surface area contributed by atoms with Gasteiger partial charge in [0.1, 0.15) is 11.6 Å². The summed E-state index contributed by atoms with van der Waals surface area (Å²) in [6.45, 7) is 2.38. The largest absolute Gasteiger partial charge is 0.462 e. The molecule has 0 heterocycles. The van der Waals surface area contributed by atoms with E-state index in [1.165, 1.54) is 0 Å². The molecule has 0 saturated carbocycles. The van der Waals surface area contributed by atoms with Gasteiger partial charge in [-0.3, -0.25) is 0 Å². The molecule has 0 spiro atoms. The normalized spacial score (nSPS) is 10.8. The molecule has 0 N–H and O–H groups in total. The Labute approximate surface area is 121 Å². The van der Waals surface area contributed by atoms with Gasteiger partial charge in [0.2, 0.25) is 0 Å². The second-order valence-corrected chi connectivity index (χ2v) is 4.84. The van der Waals surface area contributed by atoms with Crippen LogP contribution in [0.4, 0.5) is 0 Å². The molecule has 0 aliphatic rings. The predicted octanol–water partition coefficient (Wildman–Crippen LogP) is 3.54. The van der Waals surface area contributed by atoms with Crippen molar-refractivity contribution in [2.24, 2.45) is 0 Å². The van der Waals surface area contributed by atoms with E-state index in [4.69, 9.17) is 10.00 Å². The zero-order valence-electron chi connectivity index (χ0n) is 10.1. The highest BCUT2D eigenvalue weighted by molar-refractivity contribution is 14.1. The summed E-state index contributed by atoms with van der Waals surface area (Å²) in [6.07, 6.45) is 3.33. The topological polar surface area (TPSA) is 50.1 Å². The van der Waals surface area contributed by atoms with Crippen molar-refractivity contribution >= 4 is 34.6 Å². The van der Waals surface area contributed by atoms with E-state index >= 15 is 0 Å². The molecule has 1 aromatic rings. The van der Waals surface area contributed by atoms with Crippen LogP contribution in [-0.4, -0.2) is 12.6 Å². The lowest BCUT2D eigenvalue weighted by molar-refractivity contribution is -0.138. The highest BCUT2D eigenvalue weighted by Gasteiger charge is 2.10. The van der Waals surface area contributed by atoms with Gasteiger partial charge in [-0.25, -0.2) is 4.79 Å². The molecule has 0 bridgehead atoms. The Hall–Kier alpha value is -1.35. The summed E-state index contributed by atoms with van der Waals surface area (Å²) < 4.78 is 6.01. The van der Waals surface area contributed by atoms with Crippen molar-refractivity contribution in [3.63, 3.8) is 0 Å². The number of rotatable bonds is 5. The first-order valence-electron chi connectivity index (χ1n) is 5.72. The lowest BCUT2D eigenvalue weighted by atomic mass is 10.1. The first-order chi connectivity index (χ1) is 8.69. The number of hydrogen-bond acceptors (Lipinski definition) is 3. The highest BCUT2D eigenvalue weighted by atomic mass is 127. The number of carbonyl (C=O) groups excluding carboxylic acids is 1. The minimum Gasteiger partial charge on any atom is -0.462 e. The fourth-order valence-corrected chi connectivity index (χ4v) is 1.81. The van der Waals surface area contributed by atoms with Crippen LogP contribution in [0.2, 0.25) is 0 Å². The molecule has 1 aromatic carbocycles. The van der Waals surface area contributed by atoms with E-state index < -0.39 is 5.97 Å². The fraction of sp³-hybridized carbons (Fsp3) is 0.286. The second kappa shape index (κ2) is 7.88. The van der Waals surface area contributed by atoms with Gasteiger partial charge in [-0.1, -0.05) is 31.5 Å². The second-order valence-electron chi connectivity index (χ2n) is 3.68. The quantitative estimate of drug-likeness (QED) is 0.267. The van der Waals surface area contributed by atoms with E-state index in [1.807, 2.05) is 37.3 Å². The van der Waals surface area contributed by atoms with E-state index in [9.17, 15) is 4.79 Å². The number of esters is 1. The molecular weight excluding hydrogens is 341 g/mol. The van der Waals surface area contributed by atoms with E-state index in [0.29, 0.717) is 6.61 Å². The molecule has 1 rings (SSSR count). The molecular formula is C14H14INO2. The molecule has 0 amide bonds. The number of unbranched alkanes of at least 4 members (excludes halogenated alkanes) is 1. The number of nitrogens with zero attached hydrogens (tertiary/aromatic N) is 1. The van der Waals surface area contributed by atoms with E-state index in [1.54, 1.807) is 6.08 Å². The van der Waals surface area contributed by atoms with Gasteiger partial charge in [0.15, 0.2) is 0 Å². The van der Waals surface area contributed by atoms with Crippen LogP contribution >= 0.6 is 22.6 Å². The highest BCUT2D eigenvalue weighted by Crippen LogP contribution is 2.15. The van der Waals surface area contributed by atoms with Crippen molar-refractivity contribution in [2.45, 2.75) is 19.8 Å². The maximum absolute atomic E-state index is 11.6. The summed E-state index contributed by atoms with van der Waals surface area (Å²) in [7, 11) is 0. The molecule has 0 unspecified atom stereocenters. The zero-order valence-corrected chi connectivity index (χ0v) is 12.3. The van der Waals surface area contributed by atoms with Gasteiger partial charge in [0.25, 0.3) is 0 Å². The third kappa shape index (κ3) is 4.49. The number of hydrogen-bond donors (Lipinski definition) is 0. The van der Waals surface area contributed by atoms with Crippen molar-refractivity contribution in [3.05, 3.63) is 39.0 Å². The Morgan fingerprint density at radius 1 is 1.50 bits per heavy atom. The van der Waals surface area contributed by atoms with Crippen LogP contribution in [-0.2, 0) is 9.53 Å². The minimum atomic E-state index is -0.550. The molecule has 0 aromatic heterocycles. The standard InChI is InChI=1S/C14H14INO2/c1-2-3-8-18-14(17)12(10-16)9-11-6-4-5-7-13(11)15/h4-7,9H,2-3,8H2,1H3/b12-9-. The maximum atomic E-state index is 11.6. The van der Waals surface area contributed by atoms with Gasteiger partial charge in [-0.15, -0.1) is 0 Å². The van der Waals surface area contributed by atoms with Crippen molar-refractivity contribution in [2.75, 3.05) is 6.61 Å². The van der Waals surface area contributed by atoms with E-state index in [2.05, 4.69) is 22.6 Å². The molecule has 0 saturated heterocycles. The minimum absolute atomic E-state index is 0.0372. The third-order valence-corrected chi connectivity index (χ3v) is 3.26. The molecule has 0 fully saturated rings. The van der Waals surface area contributed by atoms with Crippen molar-refractivity contribution in [1.82, 2.24) is 0 Å². The molecule has 0 aliphatic carbocycles. The summed E-state index contributed by atoms with van der Waals surface area (Å²) in [5, 5.41) is 8.98. The molecule has 18 heavy (non-hydrogen) atoms. The van der Waals surface area contributed by atoms with Gasteiger partial charge >= 0.3 is 5.97 Å². The molecule has 3 nitrogen and oxygen atoms in total. The smallest absolute Gasteiger partial charge is 0.348 e. The Balaban J connectivity index is 2.81. The van der Waals surface area contributed by atoms with Crippen LogP contribution in [0.25, 0.3) is 6.08 Å². The van der Waals surface area contributed by atoms with Crippen molar-refractivity contribution in [1.29, 1.82) is 5.26 Å². The Kier molecular flexibility index (Phi) is 6.44. The van der Waals surface area contributed by atoms with Gasteiger partial charge in [-0.05, 0) is 46.7 Å². The fourth-order valence-electron chi connectivity index (χ4n) is 1.27. The Morgan fingerprint density at radius 2 is 2.22 bits per heavy atom. The molecule has 0 atom stereocenters. The van der Waals surface area contributed by atoms with Crippen LogP contribution in [0, 0.1) is 14.9 Å². The zero-order chi connectivity index (χ0) is 13.4. The van der Waals surface area contributed by atoms with Crippen molar-refractivity contribution < 1.29 is 9.53 Å². The van der Waals surface area contributed by atoms with E-state index in [0.717, 1.165) is 22.0 Å². The van der Waals surface area contributed by atoms with Gasteiger partial charge in [-0.2, -0.15) is 5.26 Å². The Bertz CT molecular complexity index is 489. The molecule has 94 valence electrons. The number of nitriles is 1. The summed E-state index contributed by atoms with van der Waals surface area (Å²) >= 11 is 2.16. The number of ether oxygens (including phenoxy) is 1. The SMILES string of the molecule is CCCCOC(=O)/C(C#N)=C\c1ccccc1I. The predicted molar refractivity (Wildman–Crippen MR) is 78.6 cm³/mol. The number of carbonyl (C=O) groups is 1. The molecule has 0 aliphatic heterocycles. The third-order valence-electron chi connectivity index (χ3n) is 2.28. The van der Waals surface area contributed by atoms with Crippen molar-refractivity contribution in [3.8, 4) is 6.07 Å². The molecule has 0 radical (unpaired) electrons. The van der Waals surface area contributed by atoms with Gasteiger partial charge in [0, 0.05) is 3.57 Å². The summed E-state index contributed by atoms with van der Waals surface area (Å²) in [4.78, 5) is 11.6. The van der Waals surface area contributed by atoms with Crippen LogP contribution in [0.15, 0.2) is 29.8 Å². The maximum Gasteiger partial charge on any atom is 0.348 e. The van der Waals surface area contributed by atoms with E-state index in [-0.39, 0.29) is 5.57 Å².